The number of aryl methyl sites for hydroxylation is 1. The standard InChI is InChI=1S/C19H27NO5S/c1-13-5-7-17(8-6-13)26(22,23)24-12-15-11-20(16-9-14(15)10-16)18(21)25-19(2,3)4/h5-8,14-16H,9-12H2,1-4H3. The fourth-order valence-corrected chi connectivity index (χ4v) is 4.46. The molecular weight excluding hydrogens is 354 g/mol. The highest BCUT2D eigenvalue weighted by atomic mass is 32.2. The first kappa shape index (κ1) is 19.2. The topological polar surface area (TPSA) is 72.9 Å². The number of hydrogen-bond donors (Lipinski definition) is 0. The Hall–Kier alpha value is -1.60. The van der Waals surface area contributed by atoms with Crippen LogP contribution >= 0.6 is 0 Å². The molecule has 0 spiro atoms. The van der Waals surface area contributed by atoms with E-state index in [1.54, 1.807) is 29.2 Å². The molecule has 6 nitrogen and oxygen atoms in total. The van der Waals surface area contributed by atoms with Gasteiger partial charge in [-0.3, -0.25) is 4.18 Å². The number of benzene rings is 1. The first-order valence-corrected chi connectivity index (χ1v) is 10.4. The second kappa shape index (κ2) is 6.85. The van der Waals surface area contributed by atoms with E-state index in [9.17, 15) is 13.2 Å². The minimum absolute atomic E-state index is 0.00717. The Morgan fingerprint density at radius 2 is 1.81 bits per heavy atom. The Bertz CT molecular complexity index is 760. The van der Waals surface area contributed by atoms with Crippen molar-refractivity contribution in [3.05, 3.63) is 29.8 Å². The summed E-state index contributed by atoms with van der Waals surface area (Å²) in [4.78, 5) is 14.3. The summed E-state index contributed by atoms with van der Waals surface area (Å²) in [6.07, 6.45) is 1.45. The quantitative estimate of drug-likeness (QED) is 0.748. The highest BCUT2D eigenvalue weighted by molar-refractivity contribution is 7.86. The molecule has 1 unspecified atom stereocenters. The van der Waals surface area contributed by atoms with E-state index < -0.39 is 15.7 Å². The molecule has 2 heterocycles. The first-order chi connectivity index (χ1) is 12.0. The predicted molar refractivity (Wildman–Crippen MR) is 97.3 cm³/mol. The SMILES string of the molecule is Cc1ccc(S(=O)(=O)OCC2CN(C(=O)OC(C)(C)C)C3CC2C3)cc1. The van der Waals surface area contributed by atoms with E-state index in [-0.39, 0.29) is 29.6 Å². The zero-order chi connectivity index (χ0) is 19.1. The third-order valence-electron chi connectivity index (χ3n) is 5.06. The van der Waals surface area contributed by atoms with Gasteiger partial charge in [-0.1, -0.05) is 17.7 Å². The Morgan fingerprint density at radius 1 is 1.19 bits per heavy atom. The number of fused-ring (bicyclic) bond motifs is 2. The van der Waals surface area contributed by atoms with E-state index >= 15 is 0 Å². The van der Waals surface area contributed by atoms with Crippen LogP contribution in [0.15, 0.2) is 29.2 Å². The molecule has 1 aromatic rings. The molecule has 1 aromatic carbocycles. The van der Waals surface area contributed by atoms with Crippen molar-refractivity contribution in [2.75, 3.05) is 13.2 Å². The van der Waals surface area contributed by atoms with Crippen LogP contribution < -0.4 is 0 Å². The van der Waals surface area contributed by atoms with Crippen molar-refractivity contribution in [1.29, 1.82) is 0 Å². The number of nitrogens with zero attached hydrogens (tertiary/aromatic N) is 1. The van der Waals surface area contributed by atoms with Crippen LogP contribution in [-0.2, 0) is 19.0 Å². The zero-order valence-corrected chi connectivity index (χ0v) is 16.6. The maximum Gasteiger partial charge on any atom is 0.410 e. The smallest absolute Gasteiger partial charge is 0.410 e. The van der Waals surface area contributed by atoms with Gasteiger partial charge in [-0.15, -0.1) is 0 Å². The Morgan fingerprint density at radius 3 is 2.38 bits per heavy atom. The van der Waals surface area contributed by atoms with E-state index in [0.717, 1.165) is 18.4 Å². The lowest BCUT2D eigenvalue weighted by atomic mass is 9.68. The van der Waals surface area contributed by atoms with E-state index in [1.165, 1.54) is 0 Å². The van der Waals surface area contributed by atoms with Crippen LogP contribution in [0.4, 0.5) is 4.79 Å². The molecule has 2 bridgehead atoms. The number of hydrogen-bond acceptors (Lipinski definition) is 5. The molecule has 4 rings (SSSR count). The number of piperidine rings is 2. The van der Waals surface area contributed by atoms with Crippen LogP contribution in [0.1, 0.15) is 39.2 Å². The molecule has 1 amide bonds. The minimum atomic E-state index is -3.78. The second-order valence-electron chi connectivity index (χ2n) is 8.33. The minimum Gasteiger partial charge on any atom is -0.444 e. The third-order valence-corrected chi connectivity index (χ3v) is 6.36. The summed E-state index contributed by atoms with van der Waals surface area (Å²) >= 11 is 0. The van der Waals surface area contributed by atoms with Crippen molar-refractivity contribution >= 4 is 16.2 Å². The molecule has 144 valence electrons. The maximum absolute atomic E-state index is 12.4. The fourth-order valence-electron chi connectivity index (χ4n) is 3.50. The van der Waals surface area contributed by atoms with Crippen molar-refractivity contribution in [1.82, 2.24) is 4.90 Å². The van der Waals surface area contributed by atoms with Gasteiger partial charge in [-0.25, -0.2) is 4.79 Å². The van der Waals surface area contributed by atoms with Crippen LogP contribution in [0.25, 0.3) is 0 Å². The lowest BCUT2D eigenvalue weighted by Crippen LogP contribution is -2.59. The van der Waals surface area contributed by atoms with Gasteiger partial charge in [0.15, 0.2) is 0 Å². The number of amides is 1. The van der Waals surface area contributed by atoms with Crippen molar-refractivity contribution in [2.24, 2.45) is 11.8 Å². The molecule has 1 aliphatic carbocycles. The highest BCUT2D eigenvalue weighted by Crippen LogP contribution is 2.44. The molecule has 1 saturated carbocycles. The summed E-state index contributed by atoms with van der Waals surface area (Å²) in [6, 6.07) is 6.81. The summed E-state index contributed by atoms with van der Waals surface area (Å²) in [5.74, 6) is 0.416. The molecule has 2 saturated heterocycles. The molecule has 0 N–H and O–H groups in total. The predicted octanol–water partition coefficient (Wildman–Crippen LogP) is 3.35. The van der Waals surface area contributed by atoms with Crippen molar-refractivity contribution < 1.29 is 22.1 Å². The van der Waals surface area contributed by atoms with Crippen LogP contribution in [-0.4, -0.2) is 44.2 Å². The van der Waals surface area contributed by atoms with Gasteiger partial charge in [0, 0.05) is 18.5 Å². The highest BCUT2D eigenvalue weighted by Gasteiger charge is 2.48. The number of carbonyl (C=O) groups is 1. The molecule has 26 heavy (non-hydrogen) atoms. The third kappa shape index (κ3) is 4.20. The summed E-state index contributed by atoms with van der Waals surface area (Å²) in [6.45, 7) is 7.99. The lowest BCUT2D eigenvalue weighted by molar-refractivity contribution is -0.0588. The molecule has 0 aromatic heterocycles. The number of carbonyl (C=O) groups excluding carboxylic acids is 1. The summed E-state index contributed by atoms with van der Waals surface area (Å²) in [5.41, 5.74) is 0.447. The van der Waals surface area contributed by atoms with Crippen molar-refractivity contribution in [3.8, 4) is 0 Å². The van der Waals surface area contributed by atoms with Gasteiger partial charge in [-0.05, 0) is 58.6 Å². The van der Waals surface area contributed by atoms with E-state index in [1.807, 2.05) is 27.7 Å². The van der Waals surface area contributed by atoms with Gasteiger partial charge in [0.25, 0.3) is 10.1 Å². The average Bonchev–Trinajstić information content (AvgIpc) is 2.50. The summed E-state index contributed by atoms with van der Waals surface area (Å²) < 4.78 is 35.5. The van der Waals surface area contributed by atoms with Crippen molar-refractivity contribution in [2.45, 2.75) is 57.1 Å². The monoisotopic (exact) mass is 381 g/mol. The lowest BCUT2D eigenvalue weighted by Gasteiger charge is -2.52. The van der Waals surface area contributed by atoms with Gasteiger partial charge >= 0.3 is 6.09 Å². The van der Waals surface area contributed by atoms with E-state index in [0.29, 0.717) is 12.5 Å². The number of rotatable bonds is 4. The molecule has 2 aliphatic heterocycles. The molecule has 3 aliphatic rings. The fraction of sp³-hybridized carbons (Fsp3) is 0.632. The van der Waals surface area contributed by atoms with Crippen LogP contribution in [0, 0.1) is 18.8 Å². The Kier molecular flexibility index (Phi) is 5.05. The first-order valence-electron chi connectivity index (χ1n) is 9.01. The van der Waals surface area contributed by atoms with E-state index in [4.69, 9.17) is 8.92 Å². The summed E-state index contributed by atoms with van der Waals surface area (Å²) in [5, 5.41) is 0. The molecule has 3 fully saturated rings. The summed E-state index contributed by atoms with van der Waals surface area (Å²) in [7, 11) is -3.78. The van der Waals surface area contributed by atoms with Gasteiger partial charge in [-0.2, -0.15) is 8.42 Å². The molecule has 1 atom stereocenters. The maximum atomic E-state index is 12.4. The van der Waals surface area contributed by atoms with Gasteiger partial charge in [0.2, 0.25) is 0 Å². The van der Waals surface area contributed by atoms with Crippen molar-refractivity contribution in [3.63, 3.8) is 0 Å². The van der Waals surface area contributed by atoms with Gasteiger partial charge in [0.1, 0.15) is 5.60 Å². The molecular formula is C19H27NO5S. The Labute approximate surface area is 155 Å². The van der Waals surface area contributed by atoms with Crippen LogP contribution in [0.3, 0.4) is 0 Å². The average molecular weight is 381 g/mol. The normalized spacial score (nSPS) is 25.5. The zero-order valence-electron chi connectivity index (χ0n) is 15.8. The van der Waals surface area contributed by atoms with E-state index in [2.05, 4.69) is 0 Å². The largest absolute Gasteiger partial charge is 0.444 e. The van der Waals surface area contributed by atoms with Crippen LogP contribution in [0.5, 0.6) is 0 Å². The van der Waals surface area contributed by atoms with Gasteiger partial charge in [0.05, 0.1) is 11.5 Å². The Balaban J connectivity index is 1.61. The second-order valence-corrected chi connectivity index (χ2v) is 9.95. The number of ether oxygens (including phenoxy) is 1. The molecule has 7 heteroatoms. The van der Waals surface area contributed by atoms with Crippen LogP contribution in [0.2, 0.25) is 0 Å². The van der Waals surface area contributed by atoms with Gasteiger partial charge < -0.3 is 9.64 Å². The molecule has 0 radical (unpaired) electrons.